The van der Waals surface area contributed by atoms with E-state index >= 15 is 0 Å². The van der Waals surface area contributed by atoms with Crippen LogP contribution in [0.2, 0.25) is 0 Å². The molecule has 0 aliphatic rings. The maximum Gasteiger partial charge on any atom is 0.347 e. The van der Waals surface area contributed by atoms with Crippen molar-refractivity contribution in [2.45, 2.75) is 51.4 Å². The lowest BCUT2D eigenvalue weighted by atomic mass is 9.91. The number of amides is 1. The van der Waals surface area contributed by atoms with Gasteiger partial charge in [-0.2, -0.15) is 5.26 Å². The van der Waals surface area contributed by atoms with E-state index in [0.29, 0.717) is 5.56 Å². The summed E-state index contributed by atoms with van der Waals surface area (Å²) in [5.41, 5.74) is -2.13. The molecule has 0 spiro atoms. The summed E-state index contributed by atoms with van der Waals surface area (Å²) in [7, 11) is 0. The van der Waals surface area contributed by atoms with Crippen molar-refractivity contribution in [2.24, 2.45) is 0 Å². The second-order valence-electron chi connectivity index (χ2n) is 6.94. The first-order chi connectivity index (χ1) is 12.5. The van der Waals surface area contributed by atoms with Gasteiger partial charge in [-0.3, -0.25) is 9.59 Å². The molecule has 1 rings (SSSR count). The minimum absolute atomic E-state index is 0.0782. The Morgan fingerprint density at radius 3 is 2.30 bits per heavy atom. The predicted molar refractivity (Wildman–Crippen MR) is 107 cm³/mol. The number of hydrogen-bond donors (Lipinski definition) is 1. The van der Waals surface area contributed by atoms with Gasteiger partial charge in [0.15, 0.2) is 6.10 Å². The van der Waals surface area contributed by atoms with Gasteiger partial charge in [-0.25, -0.2) is 4.79 Å². The van der Waals surface area contributed by atoms with Crippen LogP contribution in [0.5, 0.6) is 0 Å². The van der Waals surface area contributed by atoms with Gasteiger partial charge < -0.3 is 14.8 Å². The van der Waals surface area contributed by atoms with Crippen LogP contribution in [0.15, 0.2) is 30.3 Å². The van der Waals surface area contributed by atoms with Gasteiger partial charge in [0.25, 0.3) is 5.91 Å². The average molecular weight is 486 g/mol. The molecule has 1 aromatic carbocycles. The lowest BCUT2D eigenvalue weighted by Gasteiger charge is -2.30. The molecule has 0 bridgehead atoms. The number of carbonyl (C=O) groups excluding carboxylic acids is 3. The third-order valence-corrected chi connectivity index (χ3v) is 4.00. The molecule has 27 heavy (non-hydrogen) atoms. The molecule has 0 aliphatic heterocycles. The topological polar surface area (TPSA) is 105 Å². The number of benzene rings is 1. The van der Waals surface area contributed by atoms with Crippen LogP contribution >= 0.6 is 22.6 Å². The molecular weight excluding hydrogens is 463 g/mol. The summed E-state index contributed by atoms with van der Waals surface area (Å²) in [5.74, 6) is -2.19. The van der Waals surface area contributed by atoms with E-state index in [1.54, 1.807) is 51.1 Å². The third kappa shape index (κ3) is 7.17. The number of nitriles is 1. The molecule has 7 nitrogen and oxygen atoms in total. The van der Waals surface area contributed by atoms with Crippen molar-refractivity contribution in [1.82, 2.24) is 5.32 Å². The molecule has 0 saturated carbocycles. The highest BCUT2D eigenvalue weighted by Crippen LogP contribution is 2.20. The van der Waals surface area contributed by atoms with Crippen LogP contribution in [0.25, 0.3) is 0 Å². The minimum atomic E-state index is -1.95. The molecule has 1 amide bonds. The molecular formula is C19H23IN2O5. The molecule has 146 valence electrons. The van der Waals surface area contributed by atoms with Gasteiger partial charge in [0.1, 0.15) is 11.7 Å². The van der Waals surface area contributed by atoms with Crippen molar-refractivity contribution in [3.05, 3.63) is 35.9 Å². The zero-order valence-electron chi connectivity index (χ0n) is 15.7. The minimum Gasteiger partial charge on any atom is -0.457 e. The number of alkyl halides is 1. The SMILES string of the molecule is CC(OC(=O)CI)C(=O)NC(C#N)(Cc1ccccc1)C(=O)OC(C)(C)C. The van der Waals surface area contributed by atoms with E-state index in [1.807, 2.05) is 28.7 Å². The van der Waals surface area contributed by atoms with Gasteiger partial charge in [-0.15, -0.1) is 0 Å². The highest BCUT2D eigenvalue weighted by Gasteiger charge is 2.45. The van der Waals surface area contributed by atoms with E-state index in [4.69, 9.17) is 9.47 Å². The van der Waals surface area contributed by atoms with Gasteiger partial charge in [0.2, 0.25) is 5.54 Å². The van der Waals surface area contributed by atoms with Gasteiger partial charge >= 0.3 is 11.9 Å². The predicted octanol–water partition coefficient (Wildman–Crippen LogP) is 2.32. The normalized spacial score (nSPS) is 14.2. The van der Waals surface area contributed by atoms with Crippen molar-refractivity contribution >= 4 is 40.4 Å². The van der Waals surface area contributed by atoms with E-state index in [9.17, 15) is 19.6 Å². The summed E-state index contributed by atoms with van der Waals surface area (Å²) in [5, 5.41) is 12.2. The Morgan fingerprint density at radius 2 is 1.81 bits per heavy atom. The van der Waals surface area contributed by atoms with Gasteiger partial charge in [-0.1, -0.05) is 52.9 Å². The zero-order valence-corrected chi connectivity index (χ0v) is 17.9. The molecule has 1 aromatic rings. The fraction of sp³-hybridized carbons (Fsp3) is 0.474. The number of rotatable bonds is 7. The van der Waals surface area contributed by atoms with E-state index in [-0.39, 0.29) is 10.8 Å². The van der Waals surface area contributed by atoms with Crippen molar-refractivity contribution in [3.8, 4) is 6.07 Å². The molecule has 1 N–H and O–H groups in total. The zero-order chi connectivity index (χ0) is 20.7. The van der Waals surface area contributed by atoms with Crippen LogP contribution in [0.4, 0.5) is 0 Å². The van der Waals surface area contributed by atoms with Crippen LogP contribution in [0, 0.1) is 11.3 Å². The first-order valence-corrected chi connectivity index (χ1v) is 9.81. The molecule has 8 heteroatoms. The highest BCUT2D eigenvalue weighted by molar-refractivity contribution is 14.1. The van der Waals surface area contributed by atoms with Gasteiger partial charge in [0, 0.05) is 6.42 Å². The smallest absolute Gasteiger partial charge is 0.347 e. The molecule has 0 aromatic heterocycles. The van der Waals surface area contributed by atoms with Crippen LogP contribution in [0.3, 0.4) is 0 Å². The number of hydrogen-bond acceptors (Lipinski definition) is 6. The van der Waals surface area contributed by atoms with Crippen molar-refractivity contribution < 1.29 is 23.9 Å². The third-order valence-electron chi connectivity index (χ3n) is 3.37. The Labute approximate surface area is 172 Å². The Bertz CT molecular complexity index is 724. The number of halogens is 1. The van der Waals surface area contributed by atoms with Crippen molar-refractivity contribution in [2.75, 3.05) is 4.43 Å². The van der Waals surface area contributed by atoms with Gasteiger partial charge in [0.05, 0.1) is 4.43 Å². The van der Waals surface area contributed by atoms with Crippen LogP contribution in [-0.4, -0.2) is 39.5 Å². The van der Waals surface area contributed by atoms with Crippen LogP contribution in [-0.2, 0) is 30.3 Å². The molecule has 0 aliphatic carbocycles. The van der Waals surface area contributed by atoms with Crippen molar-refractivity contribution in [1.29, 1.82) is 5.26 Å². The largest absolute Gasteiger partial charge is 0.457 e. The first-order valence-electron chi connectivity index (χ1n) is 8.29. The lowest BCUT2D eigenvalue weighted by molar-refractivity contribution is -0.163. The maximum absolute atomic E-state index is 12.8. The molecule has 2 unspecified atom stereocenters. The fourth-order valence-corrected chi connectivity index (χ4v) is 2.32. The maximum atomic E-state index is 12.8. The highest BCUT2D eigenvalue weighted by atomic mass is 127. The number of esters is 2. The van der Waals surface area contributed by atoms with Gasteiger partial charge in [-0.05, 0) is 33.3 Å². The standard InChI is InChI=1S/C19H23IN2O5/c1-13(26-15(23)11-20)16(24)22-19(12-21,17(25)27-18(2,3)4)10-14-8-6-5-7-9-14/h5-9,13H,10-11H2,1-4H3,(H,22,24). The summed E-state index contributed by atoms with van der Waals surface area (Å²) in [6.07, 6.45) is -1.24. The average Bonchev–Trinajstić information content (AvgIpc) is 2.60. The summed E-state index contributed by atoms with van der Waals surface area (Å²) < 4.78 is 10.4. The van der Waals surface area contributed by atoms with E-state index in [1.165, 1.54) is 6.92 Å². The Kier molecular flexibility index (Phi) is 8.21. The number of ether oxygens (including phenoxy) is 2. The summed E-state index contributed by atoms with van der Waals surface area (Å²) >= 11 is 1.81. The molecule has 0 saturated heterocycles. The second-order valence-corrected chi connectivity index (χ2v) is 7.70. The molecule has 0 radical (unpaired) electrons. The summed E-state index contributed by atoms with van der Waals surface area (Å²) in [6, 6.07) is 10.7. The van der Waals surface area contributed by atoms with E-state index in [0.717, 1.165) is 0 Å². The number of carbonyl (C=O) groups is 3. The number of nitrogens with one attached hydrogen (secondary N) is 1. The Morgan fingerprint density at radius 1 is 1.22 bits per heavy atom. The molecule has 0 heterocycles. The van der Waals surface area contributed by atoms with E-state index in [2.05, 4.69) is 5.32 Å². The van der Waals surface area contributed by atoms with Crippen molar-refractivity contribution in [3.63, 3.8) is 0 Å². The quantitative estimate of drug-likeness (QED) is 0.360. The van der Waals surface area contributed by atoms with Crippen LogP contribution in [0.1, 0.15) is 33.3 Å². The Hall–Kier alpha value is -2.15. The Balaban J connectivity index is 3.15. The summed E-state index contributed by atoms with van der Waals surface area (Å²) in [6.45, 7) is 6.38. The molecule has 2 atom stereocenters. The monoisotopic (exact) mass is 486 g/mol. The second kappa shape index (κ2) is 9.69. The first kappa shape index (κ1) is 22.9. The fourth-order valence-electron chi connectivity index (χ4n) is 2.14. The summed E-state index contributed by atoms with van der Waals surface area (Å²) in [4.78, 5) is 36.7. The lowest BCUT2D eigenvalue weighted by Crippen LogP contribution is -2.59. The van der Waals surface area contributed by atoms with Crippen LogP contribution < -0.4 is 5.32 Å². The molecule has 0 fully saturated rings. The number of nitrogens with zero attached hydrogens (tertiary/aromatic N) is 1. The van der Waals surface area contributed by atoms with E-state index < -0.39 is 35.1 Å².